The third-order valence-corrected chi connectivity index (χ3v) is 13.0. The fourth-order valence-electron chi connectivity index (χ4n) is 8.10. The first kappa shape index (κ1) is 77.7. The zero-order valence-electron chi connectivity index (χ0n) is 53.0. The van der Waals surface area contributed by atoms with Crippen LogP contribution >= 0.6 is 0 Å². The number of hydrogen-bond donors (Lipinski definition) is 1. The van der Waals surface area contributed by atoms with Crippen LogP contribution in [0.25, 0.3) is 0 Å². The van der Waals surface area contributed by atoms with Crippen LogP contribution in [0.5, 0.6) is 0 Å². The molecule has 1 N–H and O–H groups in total. The Morgan fingerprint density at radius 3 is 1.00 bits per heavy atom. The predicted octanol–water partition coefficient (Wildman–Crippen LogP) is 19.9. The maximum atomic E-state index is 12.9. The summed E-state index contributed by atoms with van der Waals surface area (Å²) in [7, 11) is 5.94. The van der Waals surface area contributed by atoms with Gasteiger partial charge in [-0.25, -0.2) is 4.79 Å². The SMILES string of the molecule is CC/C=C\C/C=C\C/C=C\C/C=C\C/C=C\C/C=C\C/C=C\CCCCCCCCCCCCCCCC(=O)OC(COC(=O)CCC/C=C\C/C=C\C/C=C\C/C=C\C/C=C\C/C=C\C/C=C\CC)COC(OCC[N+](C)(C)C)C(=O)O. The summed E-state index contributed by atoms with van der Waals surface area (Å²) in [6.45, 7) is 4.56. The average Bonchev–Trinajstić information content (AvgIpc) is 3.46. The minimum Gasteiger partial charge on any atom is -0.477 e. The average molecular weight is 1150 g/mol. The van der Waals surface area contributed by atoms with Crippen LogP contribution in [0.3, 0.4) is 0 Å². The number of carboxylic acid groups (broad SMARTS) is 1. The Kier molecular flexibility index (Phi) is 58.6. The highest BCUT2D eigenvalue weighted by Crippen LogP contribution is 2.15. The van der Waals surface area contributed by atoms with Crippen molar-refractivity contribution in [3.8, 4) is 0 Å². The lowest BCUT2D eigenvalue weighted by Crippen LogP contribution is -2.40. The van der Waals surface area contributed by atoms with Crippen LogP contribution in [0.15, 0.2) is 170 Å². The Morgan fingerprint density at radius 1 is 0.361 bits per heavy atom. The van der Waals surface area contributed by atoms with Crippen molar-refractivity contribution in [3.05, 3.63) is 170 Å². The van der Waals surface area contributed by atoms with Crippen molar-refractivity contribution in [2.45, 2.75) is 232 Å². The normalized spacial score (nSPS) is 13.9. The minimum absolute atomic E-state index is 0.169. The van der Waals surface area contributed by atoms with Crippen LogP contribution in [0, 0.1) is 0 Å². The van der Waals surface area contributed by atoms with Gasteiger partial charge in [-0.15, -0.1) is 0 Å². The lowest BCUT2D eigenvalue weighted by molar-refractivity contribution is -0.870. The molecule has 0 aromatic rings. The molecule has 0 saturated heterocycles. The van der Waals surface area contributed by atoms with Gasteiger partial charge in [0.25, 0.3) is 6.29 Å². The fourth-order valence-corrected chi connectivity index (χ4v) is 8.10. The maximum absolute atomic E-state index is 12.9. The Morgan fingerprint density at radius 2 is 0.663 bits per heavy atom. The molecule has 0 radical (unpaired) electrons. The molecule has 83 heavy (non-hydrogen) atoms. The van der Waals surface area contributed by atoms with Gasteiger partial charge in [-0.1, -0.05) is 255 Å². The van der Waals surface area contributed by atoms with Crippen molar-refractivity contribution in [1.29, 1.82) is 0 Å². The lowest BCUT2D eigenvalue weighted by atomic mass is 10.0. The van der Waals surface area contributed by atoms with E-state index in [9.17, 15) is 19.5 Å². The second-order valence-corrected chi connectivity index (χ2v) is 22.0. The number of esters is 2. The van der Waals surface area contributed by atoms with Gasteiger partial charge in [-0.2, -0.15) is 0 Å². The standard InChI is InChI=1S/C74H117NO8/c1-6-8-10-12-14-16-18-20-22-24-26-28-30-31-32-33-34-35-36-37-38-39-40-41-43-45-47-49-51-53-55-57-59-61-63-65-72(77)83-70(69-82-74(73(78)79)80-67-66-75(3,4)5)68-81-71(76)64-62-60-58-56-54-52-50-48-46-44-42-29-27-25-23-21-19-17-15-13-11-9-7-2/h8-11,14-17,20-23,26-29,31-32,34-35,37-38,44,46,50,52,56,58,70,74H,6-7,12-13,18-19,24-25,30,33,36,39-43,45,47-49,51,53-55,57,59-69H2,1-5H3/p+1/b10-8-,11-9-,16-14-,17-15-,22-20-,23-21-,28-26-,29-27-,32-31-,35-34-,38-37-,46-44-,52-50-,58-56-. The molecular formula is C74H118NO8+. The molecule has 0 fully saturated rings. The summed E-state index contributed by atoms with van der Waals surface area (Å²) >= 11 is 0. The second-order valence-electron chi connectivity index (χ2n) is 22.0. The zero-order valence-corrected chi connectivity index (χ0v) is 53.0. The van der Waals surface area contributed by atoms with E-state index in [-0.39, 0.29) is 32.7 Å². The number of ether oxygens (including phenoxy) is 4. The topological polar surface area (TPSA) is 108 Å². The van der Waals surface area contributed by atoms with E-state index < -0.39 is 30.3 Å². The number of likely N-dealkylation sites (N-methyl/N-ethyl adjacent to an activating group) is 1. The van der Waals surface area contributed by atoms with Crippen LogP contribution in [-0.2, 0) is 33.3 Å². The number of carbonyl (C=O) groups excluding carboxylic acids is 2. The van der Waals surface area contributed by atoms with E-state index in [0.29, 0.717) is 23.9 Å². The van der Waals surface area contributed by atoms with Crippen LogP contribution < -0.4 is 0 Å². The first-order valence-corrected chi connectivity index (χ1v) is 32.3. The van der Waals surface area contributed by atoms with Gasteiger partial charge in [0.05, 0.1) is 34.4 Å². The predicted molar refractivity (Wildman–Crippen MR) is 354 cm³/mol. The van der Waals surface area contributed by atoms with Gasteiger partial charge in [0.2, 0.25) is 0 Å². The summed E-state index contributed by atoms with van der Waals surface area (Å²) < 4.78 is 22.8. The van der Waals surface area contributed by atoms with Crippen molar-refractivity contribution >= 4 is 17.9 Å². The van der Waals surface area contributed by atoms with Gasteiger partial charge >= 0.3 is 17.9 Å². The van der Waals surface area contributed by atoms with Gasteiger partial charge in [0, 0.05) is 12.8 Å². The molecule has 2 atom stereocenters. The second kappa shape index (κ2) is 62.7. The summed E-state index contributed by atoms with van der Waals surface area (Å²) in [6, 6.07) is 0. The molecule has 0 aliphatic heterocycles. The van der Waals surface area contributed by atoms with Crippen LogP contribution in [0.2, 0.25) is 0 Å². The quantitative estimate of drug-likeness (QED) is 0.0211. The molecule has 0 aliphatic carbocycles. The Hall–Kier alpha value is -5.35. The number of allylic oxidation sites excluding steroid dienone is 28. The van der Waals surface area contributed by atoms with Gasteiger partial charge in [-0.05, 0) is 122 Å². The number of nitrogens with zero attached hydrogens (tertiary/aromatic N) is 1. The molecule has 9 heteroatoms. The van der Waals surface area contributed by atoms with Gasteiger partial charge in [0.1, 0.15) is 13.2 Å². The fraction of sp³-hybridized carbons (Fsp3) is 0.581. The third kappa shape index (κ3) is 64.1. The summed E-state index contributed by atoms with van der Waals surface area (Å²) in [5.41, 5.74) is 0. The summed E-state index contributed by atoms with van der Waals surface area (Å²) in [5.74, 6) is -2.10. The molecule has 0 aromatic heterocycles. The molecule has 2 unspecified atom stereocenters. The number of carboxylic acids is 1. The first-order valence-electron chi connectivity index (χ1n) is 32.3. The number of quaternary nitrogens is 1. The first-order chi connectivity index (χ1) is 40.6. The van der Waals surface area contributed by atoms with Crippen LogP contribution in [0.1, 0.15) is 219 Å². The van der Waals surface area contributed by atoms with E-state index in [2.05, 4.69) is 184 Å². The zero-order chi connectivity index (χ0) is 60.5. The van der Waals surface area contributed by atoms with Gasteiger partial charge in [0.15, 0.2) is 6.10 Å². The highest BCUT2D eigenvalue weighted by atomic mass is 16.7. The van der Waals surface area contributed by atoms with Crippen LogP contribution in [-0.4, -0.2) is 87.4 Å². The summed E-state index contributed by atoms with van der Waals surface area (Å²) in [6.07, 6.45) is 91.7. The van der Waals surface area contributed by atoms with Gasteiger partial charge < -0.3 is 28.5 Å². The molecule has 9 nitrogen and oxygen atoms in total. The molecule has 0 spiro atoms. The molecule has 0 amide bonds. The molecular weight excluding hydrogens is 1030 g/mol. The third-order valence-electron chi connectivity index (χ3n) is 13.0. The van der Waals surface area contributed by atoms with Crippen molar-refractivity contribution in [2.75, 3.05) is 47.5 Å². The molecule has 466 valence electrons. The highest BCUT2D eigenvalue weighted by molar-refractivity contribution is 5.71. The molecule has 0 rings (SSSR count). The number of aliphatic carboxylic acids is 1. The number of hydrogen-bond acceptors (Lipinski definition) is 7. The van der Waals surface area contributed by atoms with Crippen molar-refractivity contribution in [3.63, 3.8) is 0 Å². The van der Waals surface area contributed by atoms with E-state index in [4.69, 9.17) is 18.9 Å². The van der Waals surface area contributed by atoms with E-state index in [1.165, 1.54) is 64.2 Å². The van der Waals surface area contributed by atoms with Crippen LogP contribution in [0.4, 0.5) is 0 Å². The maximum Gasteiger partial charge on any atom is 0.361 e. The molecule has 0 heterocycles. The number of unbranched alkanes of at least 4 members (excludes halogenated alkanes) is 14. The largest absolute Gasteiger partial charge is 0.477 e. The smallest absolute Gasteiger partial charge is 0.361 e. The molecule has 0 bridgehead atoms. The molecule has 0 saturated carbocycles. The number of carbonyl (C=O) groups is 3. The Bertz CT molecular complexity index is 1960. The lowest BCUT2D eigenvalue weighted by Gasteiger charge is -2.25. The Balaban J connectivity index is 4.27. The van der Waals surface area contributed by atoms with Crippen molar-refractivity contribution in [2.24, 2.45) is 0 Å². The number of rotatable bonds is 57. The molecule has 0 aromatic carbocycles. The van der Waals surface area contributed by atoms with E-state index >= 15 is 0 Å². The summed E-state index contributed by atoms with van der Waals surface area (Å²) in [5, 5.41) is 9.73. The Labute approximate surface area is 507 Å². The van der Waals surface area contributed by atoms with Crippen molar-refractivity contribution < 1.29 is 42.9 Å². The van der Waals surface area contributed by atoms with E-state index in [1.807, 2.05) is 21.1 Å². The molecule has 0 aliphatic rings. The van der Waals surface area contributed by atoms with E-state index in [0.717, 1.165) is 116 Å². The van der Waals surface area contributed by atoms with Gasteiger partial charge in [-0.3, -0.25) is 9.59 Å². The summed E-state index contributed by atoms with van der Waals surface area (Å²) in [4.78, 5) is 37.5. The monoisotopic (exact) mass is 1150 g/mol. The minimum atomic E-state index is -1.53. The van der Waals surface area contributed by atoms with Crippen molar-refractivity contribution in [1.82, 2.24) is 0 Å². The highest BCUT2D eigenvalue weighted by Gasteiger charge is 2.25. The van der Waals surface area contributed by atoms with E-state index in [1.54, 1.807) is 0 Å².